The molecule has 82 valence electrons. The summed E-state index contributed by atoms with van der Waals surface area (Å²) >= 11 is 0. The molecular formula is C12H12N2O2. The van der Waals surface area contributed by atoms with Crippen molar-refractivity contribution in [3.63, 3.8) is 0 Å². The number of nitriles is 1. The van der Waals surface area contributed by atoms with Gasteiger partial charge < -0.3 is 10.1 Å². The first-order chi connectivity index (χ1) is 7.77. The molecule has 4 heteroatoms. The van der Waals surface area contributed by atoms with Crippen LogP contribution in [0.1, 0.15) is 6.92 Å². The number of hydrogen-bond donors (Lipinski definition) is 1. The molecular weight excluding hydrogens is 204 g/mol. The average molecular weight is 216 g/mol. The Morgan fingerprint density at radius 2 is 2.19 bits per heavy atom. The van der Waals surface area contributed by atoms with Gasteiger partial charge in [0, 0.05) is 5.69 Å². The molecule has 0 saturated heterocycles. The molecule has 1 aromatic rings. The summed E-state index contributed by atoms with van der Waals surface area (Å²) in [5.41, 5.74) is 1.13. The first kappa shape index (κ1) is 11.8. The Bertz CT molecular complexity index is 418. The zero-order valence-electron chi connectivity index (χ0n) is 8.93. The summed E-state index contributed by atoms with van der Waals surface area (Å²) in [4.78, 5) is 11.7. The molecule has 1 rings (SSSR count). The summed E-state index contributed by atoms with van der Waals surface area (Å²) in [7, 11) is 0. The van der Waals surface area contributed by atoms with E-state index in [0.717, 1.165) is 0 Å². The van der Waals surface area contributed by atoms with Crippen molar-refractivity contribution in [1.29, 1.82) is 5.26 Å². The van der Waals surface area contributed by atoms with Gasteiger partial charge in [0.05, 0.1) is 5.57 Å². The molecule has 0 bridgehead atoms. The zero-order chi connectivity index (χ0) is 11.8. The molecule has 0 aromatic heterocycles. The van der Waals surface area contributed by atoms with Crippen LogP contribution in [0, 0.1) is 11.5 Å². The third-order valence-corrected chi connectivity index (χ3v) is 1.96. The molecule has 0 saturated carbocycles. The summed E-state index contributed by atoms with van der Waals surface area (Å²) in [6, 6.07) is 9.10. The van der Waals surface area contributed by atoms with Crippen LogP contribution in [0.2, 0.25) is 0 Å². The SMILES string of the molecule is C/C=C(\COC#N)C(=O)Nc1ccccc1. The largest absolute Gasteiger partial charge is 0.422 e. The summed E-state index contributed by atoms with van der Waals surface area (Å²) in [5.74, 6) is -0.260. The quantitative estimate of drug-likeness (QED) is 0.619. The molecule has 0 unspecified atom stereocenters. The van der Waals surface area contributed by atoms with E-state index in [1.807, 2.05) is 18.2 Å². The molecule has 0 fully saturated rings. The summed E-state index contributed by atoms with van der Waals surface area (Å²) in [5, 5.41) is 11.0. The fraction of sp³-hybridized carbons (Fsp3) is 0.167. The number of nitrogens with zero attached hydrogens (tertiary/aromatic N) is 1. The van der Waals surface area contributed by atoms with Crippen molar-refractivity contribution < 1.29 is 9.53 Å². The van der Waals surface area contributed by atoms with E-state index in [-0.39, 0.29) is 12.5 Å². The van der Waals surface area contributed by atoms with Crippen LogP contribution in [0.15, 0.2) is 42.0 Å². The van der Waals surface area contributed by atoms with Gasteiger partial charge >= 0.3 is 0 Å². The van der Waals surface area contributed by atoms with Crippen molar-refractivity contribution in [1.82, 2.24) is 0 Å². The molecule has 0 spiro atoms. The Hall–Kier alpha value is -2.28. The van der Waals surface area contributed by atoms with Crippen molar-refractivity contribution in [2.24, 2.45) is 0 Å². The number of carbonyl (C=O) groups is 1. The second-order valence-electron chi connectivity index (χ2n) is 3.01. The molecule has 0 heterocycles. The van der Waals surface area contributed by atoms with E-state index in [1.165, 1.54) is 6.26 Å². The number of rotatable bonds is 4. The Labute approximate surface area is 94.1 Å². The Morgan fingerprint density at radius 3 is 2.75 bits per heavy atom. The molecule has 0 atom stereocenters. The van der Waals surface area contributed by atoms with Gasteiger partial charge in [-0.1, -0.05) is 24.3 Å². The third-order valence-electron chi connectivity index (χ3n) is 1.96. The van der Waals surface area contributed by atoms with Gasteiger partial charge in [0.25, 0.3) is 12.2 Å². The van der Waals surface area contributed by atoms with E-state index in [4.69, 9.17) is 5.26 Å². The highest BCUT2D eigenvalue weighted by molar-refractivity contribution is 6.03. The number of benzene rings is 1. The monoisotopic (exact) mass is 216 g/mol. The fourth-order valence-electron chi connectivity index (χ4n) is 1.12. The molecule has 4 nitrogen and oxygen atoms in total. The van der Waals surface area contributed by atoms with Crippen LogP contribution >= 0.6 is 0 Å². The van der Waals surface area contributed by atoms with E-state index in [1.54, 1.807) is 25.1 Å². The van der Waals surface area contributed by atoms with E-state index < -0.39 is 0 Å². The number of anilines is 1. The van der Waals surface area contributed by atoms with Crippen LogP contribution in [0.3, 0.4) is 0 Å². The minimum absolute atomic E-state index is 0.00827. The lowest BCUT2D eigenvalue weighted by atomic mass is 10.2. The normalized spacial score (nSPS) is 10.4. The first-order valence-corrected chi connectivity index (χ1v) is 4.80. The molecule has 1 N–H and O–H groups in total. The van der Waals surface area contributed by atoms with Crippen LogP contribution < -0.4 is 5.32 Å². The molecule has 0 aliphatic rings. The number of para-hydroxylation sites is 1. The van der Waals surface area contributed by atoms with E-state index in [2.05, 4.69) is 10.1 Å². The lowest BCUT2D eigenvalue weighted by Crippen LogP contribution is -2.17. The standard InChI is InChI=1S/C12H12N2O2/c1-2-10(8-16-9-13)12(15)14-11-6-4-3-5-7-11/h2-7H,8H2,1H3,(H,14,15)/b10-2+. The smallest absolute Gasteiger partial charge is 0.286 e. The summed E-state index contributed by atoms with van der Waals surface area (Å²) in [6.45, 7) is 1.71. The van der Waals surface area contributed by atoms with Gasteiger partial charge in [0.1, 0.15) is 6.61 Å². The predicted octanol–water partition coefficient (Wildman–Crippen LogP) is 2.07. The maximum Gasteiger partial charge on any atom is 0.286 e. The second-order valence-corrected chi connectivity index (χ2v) is 3.01. The molecule has 16 heavy (non-hydrogen) atoms. The highest BCUT2D eigenvalue weighted by atomic mass is 16.5. The summed E-state index contributed by atoms with van der Waals surface area (Å²) < 4.78 is 4.52. The average Bonchev–Trinajstić information content (AvgIpc) is 2.31. The first-order valence-electron chi connectivity index (χ1n) is 4.80. The number of amides is 1. The van der Waals surface area contributed by atoms with Gasteiger partial charge in [0.2, 0.25) is 0 Å². The van der Waals surface area contributed by atoms with Crippen molar-refractivity contribution in [2.75, 3.05) is 11.9 Å². The predicted molar refractivity (Wildman–Crippen MR) is 60.4 cm³/mol. The van der Waals surface area contributed by atoms with Crippen molar-refractivity contribution in [3.05, 3.63) is 42.0 Å². The minimum Gasteiger partial charge on any atom is -0.422 e. The maximum absolute atomic E-state index is 11.7. The zero-order valence-corrected chi connectivity index (χ0v) is 8.93. The highest BCUT2D eigenvalue weighted by Gasteiger charge is 2.08. The Balaban J connectivity index is 2.61. The van der Waals surface area contributed by atoms with Gasteiger partial charge in [-0.05, 0) is 19.1 Å². The van der Waals surface area contributed by atoms with Crippen LogP contribution in [-0.4, -0.2) is 12.5 Å². The van der Waals surface area contributed by atoms with Gasteiger partial charge in [0.15, 0.2) is 0 Å². The van der Waals surface area contributed by atoms with Gasteiger partial charge in [-0.25, -0.2) is 0 Å². The number of hydrogen-bond acceptors (Lipinski definition) is 3. The Kier molecular flexibility index (Phi) is 4.61. The van der Waals surface area contributed by atoms with Crippen molar-refractivity contribution in [2.45, 2.75) is 6.92 Å². The van der Waals surface area contributed by atoms with Crippen LogP contribution in [0.4, 0.5) is 5.69 Å². The lowest BCUT2D eigenvalue weighted by Gasteiger charge is -2.06. The highest BCUT2D eigenvalue weighted by Crippen LogP contribution is 2.07. The maximum atomic E-state index is 11.7. The van der Waals surface area contributed by atoms with E-state index in [0.29, 0.717) is 11.3 Å². The van der Waals surface area contributed by atoms with Gasteiger partial charge in [-0.15, -0.1) is 0 Å². The third kappa shape index (κ3) is 3.46. The molecule has 1 amide bonds. The second kappa shape index (κ2) is 6.25. The fourth-order valence-corrected chi connectivity index (χ4v) is 1.12. The minimum atomic E-state index is -0.260. The van der Waals surface area contributed by atoms with E-state index >= 15 is 0 Å². The Morgan fingerprint density at radius 1 is 1.50 bits per heavy atom. The molecule has 0 aliphatic heterocycles. The van der Waals surface area contributed by atoms with Crippen LogP contribution in [-0.2, 0) is 9.53 Å². The number of allylic oxidation sites excluding steroid dienone is 1. The summed E-state index contributed by atoms with van der Waals surface area (Å²) in [6.07, 6.45) is 3.15. The van der Waals surface area contributed by atoms with E-state index in [9.17, 15) is 4.79 Å². The van der Waals surface area contributed by atoms with Crippen molar-refractivity contribution in [3.8, 4) is 6.26 Å². The molecule has 0 aliphatic carbocycles. The van der Waals surface area contributed by atoms with Gasteiger partial charge in [-0.2, -0.15) is 5.26 Å². The van der Waals surface area contributed by atoms with Crippen LogP contribution in [0.25, 0.3) is 0 Å². The molecule has 1 aromatic carbocycles. The number of ether oxygens (including phenoxy) is 1. The van der Waals surface area contributed by atoms with Gasteiger partial charge in [-0.3, -0.25) is 4.79 Å². The number of nitrogens with one attached hydrogen (secondary N) is 1. The molecule has 0 radical (unpaired) electrons. The van der Waals surface area contributed by atoms with Crippen molar-refractivity contribution >= 4 is 11.6 Å². The number of carbonyl (C=O) groups excluding carboxylic acids is 1. The lowest BCUT2D eigenvalue weighted by molar-refractivity contribution is -0.113. The topological polar surface area (TPSA) is 62.1 Å². The van der Waals surface area contributed by atoms with Crippen LogP contribution in [0.5, 0.6) is 0 Å².